The van der Waals surface area contributed by atoms with Crippen LogP contribution in [0.3, 0.4) is 0 Å². The maximum Gasteiger partial charge on any atom is 0.250 e. The third-order valence-corrected chi connectivity index (χ3v) is 4.77. The lowest BCUT2D eigenvalue weighted by atomic mass is 9.91. The normalized spacial score (nSPS) is 10.8. The third kappa shape index (κ3) is 2.21. The van der Waals surface area contributed by atoms with E-state index in [0.717, 1.165) is 5.69 Å². The fraction of sp³-hybridized carbons (Fsp3) is 0.158. The minimum atomic E-state index is -0.643. The summed E-state index contributed by atoms with van der Waals surface area (Å²) in [6.07, 6.45) is 0. The van der Waals surface area contributed by atoms with Gasteiger partial charge in [-0.25, -0.2) is 0 Å². The van der Waals surface area contributed by atoms with Gasteiger partial charge in [0.1, 0.15) is 11.8 Å². The Balaban J connectivity index is 2.63. The number of phenolic OH excluding ortho intramolecular Hbond substituents is 1. The number of amides is 1. The van der Waals surface area contributed by atoms with E-state index in [1.165, 1.54) is 0 Å². The maximum atomic E-state index is 11.9. The molecule has 0 radical (unpaired) electrons. The van der Waals surface area contributed by atoms with Crippen molar-refractivity contribution in [2.45, 2.75) is 13.8 Å². The Labute approximate surface area is 144 Å². The number of nitrogens with zero attached hydrogens (tertiary/aromatic N) is 2. The third-order valence-electron chi connectivity index (χ3n) is 4.77. The highest BCUT2D eigenvalue weighted by molar-refractivity contribution is 6.13. The van der Waals surface area contributed by atoms with Crippen molar-refractivity contribution in [3.63, 3.8) is 0 Å². The second-order valence-corrected chi connectivity index (χ2v) is 6.05. The number of benzene rings is 2. The van der Waals surface area contributed by atoms with Crippen molar-refractivity contribution >= 4 is 22.5 Å². The van der Waals surface area contributed by atoms with Crippen molar-refractivity contribution in [2.75, 3.05) is 5.73 Å². The molecule has 0 aliphatic heterocycles. The number of carbonyl (C=O) groups excluding carboxylic acids is 1. The van der Waals surface area contributed by atoms with E-state index >= 15 is 0 Å². The highest BCUT2D eigenvalue weighted by Crippen LogP contribution is 2.42. The highest BCUT2D eigenvalue weighted by atomic mass is 16.3. The minimum absolute atomic E-state index is 0.112. The van der Waals surface area contributed by atoms with Crippen LogP contribution in [0.25, 0.3) is 22.0 Å². The summed E-state index contributed by atoms with van der Waals surface area (Å²) in [7, 11) is 1.82. The molecule has 0 atom stereocenters. The molecule has 5 N–H and O–H groups in total. The van der Waals surface area contributed by atoms with Crippen molar-refractivity contribution in [2.24, 2.45) is 12.8 Å². The van der Waals surface area contributed by atoms with Gasteiger partial charge in [0.2, 0.25) is 0 Å². The van der Waals surface area contributed by atoms with E-state index < -0.39 is 5.91 Å². The molecule has 1 aromatic heterocycles. The van der Waals surface area contributed by atoms with Gasteiger partial charge in [-0.05, 0) is 37.1 Å². The zero-order valence-corrected chi connectivity index (χ0v) is 14.2. The topological polar surface area (TPSA) is 118 Å². The molecule has 6 nitrogen and oxygen atoms in total. The summed E-state index contributed by atoms with van der Waals surface area (Å²) in [6.45, 7) is 3.59. The van der Waals surface area contributed by atoms with Crippen molar-refractivity contribution < 1.29 is 9.90 Å². The zero-order chi connectivity index (χ0) is 18.5. The Morgan fingerprint density at radius 2 is 2.00 bits per heavy atom. The van der Waals surface area contributed by atoms with Gasteiger partial charge >= 0.3 is 0 Å². The summed E-state index contributed by atoms with van der Waals surface area (Å²) in [6, 6.07) is 8.91. The van der Waals surface area contributed by atoms with Gasteiger partial charge in [-0.3, -0.25) is 4.79 Å². The Bertz CT molecular complexity index is 1090. The van der Waals surface area contributed by atoms with Crippen molar-refractivity contribution in [1.29, 1.82) is 5.26 Å². The van der Waals surface area contributed by atoms with Crippen LogP contribution >= 0.6 is 0 Å². The van der Waals surface area contributed by atoms with Gasteiger partial charge in [0.05, 0.1) is 22.3 Å². The highest BCUT2D eigenvalue weighted by Gasteiger charge is 2.24. The lowest BCUT2D eigenvalue weighted by molar-refractivity contribution is 0.100. The Kier molecular flexibility index (Phi) is 3.65. The molecular weight excluding hydrogens is 316 g/mol. The number of anilines is 1. The van der Waals surface area contributed by atoms with Crippen molar-refractivity contribution in [3.05, 3.63) is 46.6 Å². The lowest BCUT2D eigenvalue weighted by Gasteiger charge is -2.15. The summed E-state index contributed by atoms with van der Waals surface area (Å²) in [5, 5.41) is 20.4. The van der Waals surface area contributed by atoms with Crippen LogP contribution in [0.1, 0.15) is 27.2 Å². The summed E-state index contributed by atoms with van der Waals surface area (Å²) in [4.78, 5) is 11.9. The molecule has 0 bridgehead atoms. The first-order valence-electron chi connectivity index (χ1n) is 7.69. The number of hydrogen-bond donors (Lipinski definition) is 3. The SMILES string of the molecule is Cc1c(O)cccc1-c1c(N)c(C(N)=O)cc2c1c(C#N)c(C)n2C. The average molecular weight is 334 g/mol. The van der Waals surface area contributed by atoms with E-state index in [0.29, 0.717) is 33.2 Å². The molecule has 0 fully saturated rings. The van der Waals surface area contributed by atoms with Crippen LogP contribution in [-0.2, 0) is 7.05 Å². The van der Waals surface area contributed by atoms with Gasteiger partial charge in [-0.2, -0.15) is 5.26 Å². The molecule has 3 rings (SSSR count). The molecule has 1 amide bonds. The second kappa shape index (κ2) is 5.56. The lowest BCUT2D eigenvalue weighted by Crippen LogP contribution is -2.14. The second-order valence-electron chi connectivity index (χ2n) is 6.05. The average Bonchev–Trinajstić information content (AvgIpc) is 2.81. The molecule has 25 heavy (non-hydrogen) atoms. The Morgan fingerprint density at radius 1 is 1.32 bits per heavy atom. The largest absolute Gasteiger partial charge is 0.508 e. The number of fused-ring (bicyclic) bond motifs is 1. The number of aryl methyl sites for hydroxylation is 1. The standard InChI is InChI=1S/C19H18N4O2/c1-9-11(5-4-6-15(9)24)17-16-13(8-20)10(2)23(3)14(16)7-12(18(17)21)19(22)25/h4-7,24H,21H2,1-3H3,(H2,22,25). The van der Waals surface area contributed by atoms with Crippen LogP contribution in [0.5, 0.6) is 5.75 Å². The van der Waals surface area contributed by atoms with E-state index in [4.69, 9.17) is 11.5 Å². The molecule has 0 aliphatic carbocycles. The number of rotatable bonds is 2. The van der Waals surface area contributed by atoms with Crippen LogP contribution in [0.4, 0.5) is 5.69 Å². The van der Waals surface area contributed by atoms with Gasteiger partial charge in [-0.1, -0.05) is 12.1 Å². The summed E-state index contributed by atoms with van der Waals surface area (Å²) in [5.41, 5.74) is 15.9. The molecule has 3 aromatic rings. The van der Waals surface area contributed by atoms with Crippen LogP contribution in [0.15, 0.2) is 24.3 Å². The van der Waals surface area contributed by atoms with E-state index in [-0.39, 0.29) is 17.0 Å². The van der Waals surface area contributed by atoms with Gasteiger partial charge in [0.25, 0.3) is 5.91 Å². The number of primary amides is 1. The zero-order valence-electron chi connectivity index (χ0n) is 14.2. The van der Waals surface area contributed by atoms with E-state index in [2.05, 4.69) is 6.07 Å². The smallest absolute Gasteiger partial charge is 0.250 e. The van der Waals surface area contributed by atoms with E-state index in [1.807, 2.05) is 18.5 Å². The van der Waals surface area contributed by atoms with Gasteiger partial charge in [0.15, 0.2) is 0 Å². The molecule has 0 saturated heterocycles. The van der Waals surface area contributed by atoms with Gasteiger partial charge in [0, 0.05) is 23.7 Å². The maximum absolute atomic E-state index is 11.9. The van der Waals surface area contributed by atoms with Crippen LogP contribution < -0.4 is 11.5 Å². The van der Waals surface area contributed by atoms with E-state index in [1.54, 1.807) is 31.2 Å². The molecule has 2 aromatic carbocycles. The number of nitrogens with two attached hydrogens (primary N) is 2. The monoisotopic (exact) mass is 334 g/mol. The number of carbonyl (C=O) groups is 1. The number of aromatic hydroxyl groups is 1. The molecule has 126 valence electrons. The minimum Gasteiger partial charge on any atom is -0.508 e. The van der Waals surface area contributed by atoms with Crippen LogP contribution in [-0.4, -0.2) is 15.6 Å². The molecular formula is C19H18N4O2. The summed E-state index contributed by atoms with van der Waals surface area (Å²) >= 11 is 0. The van der Waals surface area contributed by atoms with Gasteiger partial charge < -0.3 is 21.1 Å². The molecule has 0 saturated carbocycles. The van der Waals surface area contributed by atoms with Gasteiger partial charge in [-0.15, -0.1) is 0 Å². The quantitative estimate of drug-likeness (QED) is 0.624. The first-order valence-corrected chi connectivity index (χ1v) is 7.69. The first-order chi connectivity index (χ1) is 11.8. The number of nitrogen functional groups attached to an aromatic ring is 1. The summed E-state index contributed by atoms with van der Waals surface area (Å²) < 4.78 is 1.83. The number of aromatic nitrogens is 1. The molecule has 0 unspecified atom stereocenters. The number of nitriles is 1. The summed E-state index contributed by atoms with van der Waals surface area (Å²) in [5.74, 6) is -0.531. The number of hydrogen-bond acceptors (Lipinski definition) is 4. The first kappa shape index (κ1) is 16.4. The molecule has 1 heterocycles. The predicted octanol–water partition coefficient (Wildman–Crippen LogP) is 2.72. The predicted molar refractivity (Wildman–Crippen MR) is 97.1 cm³/mol. The fourth-order valence-electron chi connectivity index (χ4n) is 3.25. The Morgan fingerprint density at radius 3 is 2.60 bits per heavy atom. The Hall–Kier alpha value is -3.46. The number of phenols is 1. The fourth-order valence-corrected chi connectivity index (χ4v) is 3.25. The molecule has 6 heteroatoms. The molecule has 0 spiro atoms. The van der Waals surface area contributed by atoms with Crippen LogP contribution in [0, 0.1) is 25.2 Å². The molecule has 0 aliphatic rings. The van der Waals surface area contributed by atoms with Crippen LogP contribution in [0.2, 0.25) is 0 Å². The van der Waals surface area contributed by atoms with Crippen molar-refractivity contribution in [3.8, 4) is 22.9 Å². The van der Waals surface area contributed by atoms with Crippen molar-refractivity contribution in [1.82, 2.24) is 4.57 Å². The van der Waals surface area contributed by atoms with E-state index in [9.17, 15) is 15.2 Å².